The van der Waals surface area contributed by atoms with E-state index in [9.17, 15) is 0 Å². The van der Waals surface area contributed by atoms with Crippen molar-refractivity contribution in [3.05, 3.63) is 132 Å². The molecule has 0 unspecified atom stereocenters. The number of hydrogen-bond acceptors (Lipinski definition) is 4. The largest absolute Gasteiger partial charge is 0.457 e. The highest BCUT2D eigenvalue weighted by atomic mass is 32.1. The van der Waals surface area contributed by atoms with Crippen LogP contribution in [-0.4, -0.2) is 19.6 Å². The molecule has 0 radical (unpaired) electrons. The molecule has 1 saturated heterocycles. The first-order valence-corrected chi connectivity index (χ1v) is 12.9. The predicted octanol–water partition coefficient (Wildman–Crippen LogP) is 6.85. The Morgan fingerprint density at radius 2 is 1.53 bits per heavy atom. The van der Waals surface area contributed by atoms with E-state index in [0.717, 1.165) is 40.0 Å². The molecule has 2 atom stereocenters. The number of pyridine rings is 2. The van der Waals surface area contributed by atoms with Gasteiger partial charge in [-0.05, 0) is 98.4 Å². The highest BCUT2D eigenvalue weighted by molar-refractivity contribution is 7.80. The van der Waals surface area contributed by atoms with Crippen LogP contribution in [-0.2, 0) is 0 Å². The van der Waals surface area contributed by atoms with Crippen molar-refractivity contribution in [2.75, 3.05) is 4.90 Å². The zero-order valence-electron chi connectivity index (χ0n) is 21.2. The monoisotopic (exact) mass is 517 g/mol. The lowest BCUT2D eigenvalue weighted by molar-refractivity contribution is 0.482. The quantitative estimate of drug-likeness (QED) is 0.249. The molecule has 3 aromatic heterocycles. The van der Waals surface area contributed by atoms with Gasteiger partial charge in [-0.2, -0.15) is 0 Å². The number of benzene rings is 2. The Morgan fingerprint density at radius 3 is 2.21 bits per heavy atom. The number of nitrogens with zero attached hydrogens (tertiary/aromatic N) is 4. The molecule has 38 heavy (non-hydrogen) atoms. The Balaban J connectivity index is 1.38. The van der Waals surface area contributed by atoms with Crippen LogP contribution in [0.1, 0.15) is 34.6 Å². The SMILES string of the molecule is Cc1ccc(Oc2ccc(N3C(=S)N[C@@H](c4ccccn4)[C@@H]3c3cccn3-c3ccc(C)cn3)cc2)cc1. The fraction of sp³-hybridized carbons (Fsp3) is 0.129. The third-order valence-electron chi connectivity index (χ3n) is 6.70. The summed E-state index contributed by atoms with van der Waals surface area (Å²) in [5, 5.41) is 4.18. The Morgan fingerprint density at radius 1 is 0.789 bits per heavy atom. The van der Waals surface area contributed by atoms with Crippen molar-refractivity contribution >= 4 is 23.0 Å². The van der Waals surface area contributed by atoms with Crippen LogP contribution in [0.15, 0.2) is 110 Å². The number of thiocarbonyl (C=S) groups is 1. The molecule has 7 heteroatoms. The summed E-state index contributed by atoms with van der Waals surface area (Å²) in [7, 11) is 0. The Kier molecular flexibility index (Phi) is 6.35. The first-order valence-electron chi connectivity index (χ1n) is 12.5. The Hall–Kier alpha value is -4.49. The van der Waals surface area contributed by atoms with Gasteiger partial charge in [0, 0.05) is 30.0 Å². The van der Waals surface area contributed by atoms with Crippen LogP contribution in [0.5, 0.6) is 11.5 Å². The second kappa shape index (κ2) is 10.1. The van der Waals surface area contributed by atoms with E-state index in [0.29, 0.717) is 5.11 Å². The maximum atomic E-state index is 6.06. The summed E-state index contributed by atoms with van der Waals surface area (Å²) in [6.45, 7) is 4.10. The summed E-state index contributed by atoms with van der Waals surface area (Å²) in [4.78, 5) is 11.5. The van der Waals surface area contributed by atoms with Gasteiger partial charge in [0.1, 0.15) is 23.4 Å². The molecule has 188 valence electrons. The van der Waals surface area contributed by atoms with Crippen molar-refractivity contribution in [3.63, 3.8) is 0 Å². The molecule has 6 nitrogen and oxygen atoms in total. The molecule has 5 aromatic rings. The van der Waals surface area contributed by atoms with Gasteiger partial charge in [0.15, 0.2) is 5.11 Å². The van der Waals surface area contributed by atoms with Gasteiger partial charge < -0.3 is 19.5 Å². The summed E-state index contributed by atoms with van der Waals surface area (Å²) >= 11 is 5.91. The number of ether oxygens (including phenoxy) is 1. The maximum Gasteiger partial charge on any atom is 0.174 e. The number of aromatic nitrogens is 3. The van der Waals surface area contributed by atoms with E-state index in [1.54, 1.807) is 0 Å². The third-order valence-corrected chi connectivity index (χ3v) is 7.01. The molecule has 1 fully saturated rings. The molecule has 1 aliphatic rings. The van der Waals surface area contributed by atoms with Crippen molar-refractivity contribution < 1.29 is 4.74 Å². The summed E-state index contributed by atoms with van der Waals surface area (Å²) in [6.07, 6.45) is 5.75. The standard InChI is InChI=1S/C31H27N5OS/c1-21-8-13-24(14-9-21)37-25-15-11-23(12-16-25)36-30(29(34-31(36)38)26-6-3-4-18-32-26)27-7-5-19-35(27)28-17-10-22(2)20-33-28/h3-20,29-30H,1-2H3,(H,34,38)/t29-,30-/m0/s1. The molecule has 0 spiro atoms. The van der Waals surface area contributed by atoms with Crippen LogP contribution in [0, 0.1) is 13.8 Å². The molecule has 0 bridgehead atoms. The van der Waals surface area contributed by atoms with Gasteiger partial charge in [0.05, 0.1) is 11.7 Å². The highest BCUT2D eigenvalue weighted by Gasteiger charge is 2.42. The number of anilines is 1. The fourth-order valence-corrected chi connectivity index (χ4v) is 5.14. The van der Waals surface area contributed by atoms with Crippen molar-refractivity contribution in [1.29, 1.82) is 0 Å². The Bertz CT molecular complexity index is 1550. The van der Waals surface area contributed by atoms with E-state index in [1.165, 1.54) is 5.56 Å². The number of nitrogens with one attached hydrogen (secondary N) is 1. The summed E-state index contributed by atoms with van der Waals surface area (Å²) in [5.41, 5.74) is 5.26. The lowest BCUT2D eigenvalue weighted by atomic mass is 10.0. The van der Waals surface area contributed by atoms with Crippen molar-refractivity contribution in [1.82, 2.24) is 19.9 Å². The fourth-order valence-electron chi connectivity index (χ4n) is 4.80. The van der Waals surface area contributed by atoms with Crippen LogP contribution >= 0.6 is 12.2 Å². The molecule has 1 N–H and O–H groups in total. The molecular formula is C31H27N5OS. The summed E-state index contributed by atoms with van der Waals surface area (Å²) < 4.78 is 8.19. The topological polar surface area (TPSA) is 55.2 Å². The van der Waals surface area contributed by atoms with Crippen LogP contribution in [0.25, 0.3) is 5.82 Å². The average molecular weight is 518 g/mol. The van der Waals surface area contributed by atoms with Gasteiger partial charge in [-0.1, -0.05) is 29.8 Å². The Labute approximate surface area is 227 Å². The van der Waals surface area contributed by atoms with E-state index in [1.807, 2.05) is 104 Å². The smallest absolute Gasteiger partial charge is 0.174 e. The van der Waals surface area contributed by atoms with Gasteiger partial charge in [-0.25, -0.2) is 4.98 Å². The second-order valence-electron chi connectivity index (χ2n) is 9.40. The lowest BCUT2D eigenvalue weighted by Gasteiger charge is -2.29. The van der Waals surface area contributed by atoms with E-state index in [-0.39, 0.29) is 12.1 Å². The minimum absolute atomic E-state index is 0.147. The first kappa shape index (κ1) is 23.9. The van der Waals surface area contributed by atoms with Gasteiger partial charge in [-0.15, -0.1) is 0 Å². The minimum atomic E-state index is -0.153. The number of hydrogen-bond donors (Lipinski definition) is 1. The summed E-state index contributed by atoms with van der Waals surface area (Å²) in [5.74, 6) is 2.42. The lowest BCUT2D eigenvalue weighted by Crippen LogP contribution is -2.30. The average Bonchev–Trinajstić information content (AvgIpc) is 3.56. The van der Waals surface area contributed by atoms with Crippen LogP contribution in [0.3, 0.4) is 0 Å². The number of rotatable bonds is 6. The zero-order chi connectivity index (χ0) is 26.1. The van der Waals surface area contributed by atoms with Crippen molar-refractivity contribution in [2.45, 2.75) is 25.9 Å². The molecular weight excluding hydrogens is 490 g/mol. The number of aryl methyl sites for hydroxylation is 2. The second-order valence-corrected chi connectivity index (χ2v) is 9.79. The molecule has 6 rings (SSSR count). The van der Waals surface area contributed by atoms with Crippen LogP contribution in [0.2, 0.25) is 0 Å². The normalized spacial score (nSPS) is 16.9. The van der Waals surface area contributed by atoms with Crippen molar-refractivity contribution in [3.8, 4) is 17.3 Å². The van der Waals surface area contributed by atoms with Gasteiger partial charge in [0.2, 0.25) is 0 Å². The van der Waals surface area contributed by atoms with Gasteiger partial charge in [0.25, 0.3) is 0 Å². The van der Waals surface area contributed by atoms with Gasteiger partial charge in [-0.3, -0.25) is 4.98 Å². The first-order chi connectivity index (χ1) is 18.6. The molecule has 0 saturated carbocycles. The van der Waals surface area contributed by atoms with Gasteiger partial charge >= 0.3 is 0 Å². The third kappa shape index (κ3) is 4.64. The summed E-state index contributed by atoms with van der Waals surface area (Å²) in [6, 6.07) is 30.0. The molecule has 0 aliphatic carbocycles. The van der Waals surface area contributed by atoms with E-state index < -0.39 is 0 Å². The predicted molar refractivity (Wildman–Crippen MR) is 154 cm³/mol. The molecule has 1 aliphatic heterocycles. The zero-order valence-corrected chi connectivity index (χ0v) is 22.0. The van der Waals surface area contributed by atoms with E-state index in [2.05, 4.69) is 43.8 Å². The molecule has 2 aromatic carbocycles. The maximum absolute atomic E-state index is 6.06. The van der Waals surface area contributed by atoms with E-state index in [4.69, 9.17) is 17.0 Å². The molecule has 4 heterocycles. The van der Waals surface area contributed by atoms with Crippen LogP contribution in [0.4, 0.5) is 5.69 Å². The van der Waals surface area contributed by atoms with E-state index >= 15 is 0 Å². The molecule has 0 amide bonds. The van der Waals surface area contributed by atoms with Crippen molar-refractivity contribution in [2.24, 2.45) is 0 Å². The minimum Gasteiger partial charge on any atom is -0.457 e. The highest BCUT2D eigenvalue weighted by Crippen LogP contribution is 2.42. The van der Waals surface area contributed by atoms with Crippen LogP contribution < -0.4 is 15.0 Å².